The number of carbonyl (C=O) groups excluding carboxylic acids is 1. The Kier molecular flexibility index (Phi) is 4.68. The van der Waals surface area contributed by atoms with Crippen LogP contribution in [0.15, 0.2) is 30.5 Å². The van der Waals surface area contributed by atoms with Gasteiger partial charge in [0, 0.05) is 43.3 Å². The van der Waals surface area contributed by atoms with Crippen LogP contribution in [0.1, 0.15) is 5.56 Å². The summed E-state index contributed by atoms with van der Waals surface area (Å²) in [6.45, 7) is 3.63. The first-order valence-electron chi connectivity index (χ1n) is 6.75. The molecule has 1 aliphatic heterocycles. The molecule has 2 heterocycles. The molecular weight excluding hydrogens is 274 g/mol. The maximum atomic E-state index is 12.3. The van der Waals surface area contributed by atoms with Gasteiger partial charge in [0.1, 0.15) is 0 Å². The van der Waals surface area contributed by atoms with Crippen molar-refractivity contribution in [3.05, 3.63) is 36.0 Å². The van der Waals surface area contributed by atoms with Crippen LogP contribution in [0.3, 0.4) is 0 Å². The molecule has 1 aromatic heterocycles. The Morgan fingerprint density at radius 1 is 1.20 bits per heavy atom. The van der Waals surface area contributed by atoms with Gasteiger partial charge < -0.3 is 14.8 Å². The second-order valence-electron chi connectivity index (χ2n) is 5.22. The highest BCUT2D eigenvalue weighted by molar-refractivity contribution is 5.88. The Labute approximate surface area is 125 Å². The average Bonchev–Trinajstić information content (AvgIpc) is 2.83. The van der Waals surface area contributed by atoms with E-state index in [1.165, 1.54) is 0 Å². The largest absolute Gasteiger partial charge is 0.361 e. The van der Waals surface area contributed by atoms with Crippen molar-refractivity contribution in [2.75, 3.05) is 33.2 Å². The molecule has 3 rings (SSSR count). The zero-order valence-electron chi connectivity index (χ0n) is 11.6. The second-order valence-corrected chi connectivity index (χ2v) is 5.22. The quantitative estimate of drug-likeness (QED) is 0.919. The number of amides is 1. The van der Waals surface area contributed by atoms with Crippen LogP contribution in [0.5, 0.6) is 0 Å². The summed E-state index contributed by atoms with van der Waals surface area (Å²) in [5.74, 6) is 0.234. The number of hydrogen-bond donors (Lipinski definition) is 1. The van der Waals surface area contributed by atoms with Gasteiger partial charge in [-0.25, -0.2) is 0 Å². The molecule has 1 fully saturated rings. The minimum atomic E-state index is 0. The van der Waals surface area contributed by atoms with Crippen LogP contribution in [0, 0.1) is 0 Å². The Morgan fingerprint density at radius 2 is 1.90 bits per heavy atom. The predicted octanol–water partition coefficient (Wildman–Crippen LogP) is 1.91. The molecule has 1 saturated heterocycles. The van der Waals surface area contributed by atoms with Crippen LogP contribution in [-0.4, -0.2) is 53.9 Å². The fourth-order valence-electron chi connectivity index (χ4n) is 2.61. The minimum absolute atomic E-state index is 0. The van der Waals surface area contributed by atoms with E-state index in [2.05, 4.69) is 23.0 Å². The molecule has 1 aliphatic rings. The van der Waals surface area contributed by atoms with Crippen LogP contribution >= 0.6 is 12.4 Å². The number of fused-ring (bicyclic) bond motifs is 1. The number of halogens is 1. The number of piperazine rings is 1. The molecule has 1 amide bonds. The van der Waals surface area contributed by atoms with Crippen LogP contribution in [0.4, 0.5) is 0 Å². The monoisotopic (exact) mass is 293 g/mol. The number of aromatic amines is 1. The Bertz CT molecular complexity index is 588. The molecule has 20 heavy (non-hydrogen) atoms. The highest BCUT2D eigenvalue weighted by Crippen LogP contribution is 2.18. The van der Waals surface area contributed by atoms with Crippen LogP contribution in [0.25, 0.3) is 10.9 Å². The lowest BCUT2D eigenvalue weighted by Gasteiger charge is -2.32. The lowest BCUT2D eigenvalue weighted by atomic mass is 10.1. The zero-order chi connectivity index (χ0) is 13.2. The van der Waals surface area contributed by atoms with Gasteiger partial charge in [0.15, 0.2) is 0 Å². The molecule has 2 aromatic rings. The number of rotatable bonds is 2. The molecule has 0 saturated carbocycles. The van der Waals surface area contributed by atoms with E-state index in [1.54, 1.807) is 0 Å². The summed E-state index contributed by atoms with van der Waals surface area (Å²) in [6, 6.07) is 8.13. The third-order valence-corrected chi connectivity index (χ3v) is 3.87. The third kappa shape index (κ3) is 2.97. The number of nitrogens with zero attached hydrogens (tertiary/aromatic N) is 2. The molecule has 0 unspecified atom stereocenters. The van der Waals surface area contributed by atoms with Gasteiger partial charge in [-0.3, -0.25) is 4.79 Å². The number of para-hydroxylation sites is 1. The topological polar surface area (TPSA) is 39.3 Å². The highest BCUT2D eigenvalue weighted by Gasteiger charge is 2.19. The summed E-state index contributed by atoms with van der Waals surface area (Å²) < 4.78 is 0. The Morgan fingerprint density at radius 3 is 2.65 bits per heavy atom. The van der Waals surface area contributed by atoms with Gasteiger partial charge in [0.05, 0.1) is 6.42 Å². The van der Waals surface area contributed by atoms with E-state index in [0.29, 0.717) is 6.42 Å². The van der Waals surface area contributed by atoms with Gasteiger partial charge in [-0.2, -0.15) is 0 Å². The summed E-state index contributed by atoms with van der Waals surface area (Å²) in [4.78, 5) is 19.8. The molecule has 5 heteroatoms. The number of hydrogen-bond acceptors (Lipinski definition) is 2. The summed E-state index contributed by atoms with van der Waals surface area (Å²) in [5, 5.41) is 1.16. The fraction of sp³-hybridized carbons (Fsp3) is 0.400. The third-order valence-electron chi connectivity index (χ3n) is 3.87. The van der Waals surface area contributed by atoms with E-state index in [9.17, 15) is 4.79 Å². The number of aromatic nitrogens is 1. The fourth-order valence-corrected chi connectivity index (χ4v) is 2.61. The maximum Gasteiger partial charge on any atom is 0.227 e. The van der Waals surface area contributed by atoms with E-state index in [-0.39, 0.29) is 18.3 Å². The number of likely N-dealkylation sites (N-methyl/N-ethyl adjacent to an activating group) is 1. The van der Waals surface area contributed by atoms with Gasteiger partial charge in [-0.15, -0.1) is 12.4 Å². The van der Waals surface area contributed by atoms with Crippen LogP contribution in [0.2, 0.25) is 0 Å². The first-order chi connectivity index (χ1) is 9.24. The van der Waals surface area contributed by atoms with Crippen molar-refractivity contribution in [3.63, 3.8) is 0 Å². The molecule has 0 bridgehead atoms. The molecule has 108 valence electrons. The standard InChI is InChI=1S/C15H19N3O.ClH/c1-17-6-8-18(9-7-17)15(19)10-12-11-16-14-5-3-2-4-13(12)14;/h2-5,11,16H,6-10H2,1H3;1H. The van der Waals surface area contributed by atoms with Crippen molar-refractivity contribution in [2.45, 2.75) is 6.42 Å². The maximum absolute atomic E-state index is 12.3. The molecule has 0 radical (unpaired) electrons. The number of nitrogens with one attached hydrogen (secondary N) is 1. The minimum Gasteiger partial charge on any atom is -0.361 e. The van der Waals surface area contributed by atoms with E-state index >= 15 is 0 Å². The van der Waals surface area contributed by atoms with Crippen molar-refractivity contribution in [1.82, 2.24) is 14.8 Å². The van der Waals surface area contributed by atoms with Crippen molar-refractivity contribution < 1.29 is 4.79 Å². The first kappa shape index (κ1) is 14.9. The lowest BCUT2D eigenvalue weighted by molar-refractivity contribution is -0.132. The van der Waals surface area contributed by atoms with E-state index in [4.69, 9.17) is 0 Å². The van der Waals surface area contributed by atoms with Crippen LogP contribution in [-0.2, 0) is 11.2 Å². The Balaban J connectivity index is 0.00000147. The summed E-state index contributed by atoms with van der Waals surface area (Å²) in [5.41, 5.74) is 2.20. The molecule has 1 aromatic carbocycles. The number of carbonyl (C=O) groups is 1. The van der Waals surface area contributed by atoms with Crippen molar-refractivity contribution in [1.29, 1.82) is 0 Å². The molecular formula is C15H20ClN3O. The summed E-state index contributed by atoms with van der Waals surface area (Å²) in [6.07, 6.45) is 2.45. The SMILES string of the molecule is CN1CCN(C(=O)Cc2c[nH]c3ccccc23)CC1.Cl. The molecule has 0 aliphatic carbocycles. The average molecular weight is 294 g/mol. The van der Waals surface area contributed by atoms with E-state index in [1.807, 2.05) is 29.3 Å². The predicted molar refractivity (Wildman–Crippen MR) is 83.3 cm³/mol. The van der Waals surface area contributed by atoms with Gasteiger partial charge in [-0.05, 0) is 18.7 Å². The van der Waals surface area contributed by atoms with Crippen molar-refractivity contribution in [3.8, 4) is 0 Å². The highest BCUT2D eigenvalue weighted by atomic mass is 35.5. The molecule has 1 N–H and O–H groups in total. The smallest absolute Gasteiger partial charge is 0.227 e. The molecule has 0 spiro atoms. The summed E-state index contributed by atoms with van der Waals surface area (Å²) >= 11 is 0. The zero-order valence-corrected chi connectivity index (χ0v) is 12.4. The van der Waals surface area contributed by atoms with E-state index < -0.39 is 0 Å². The van der Waals surface area contributed by atoms with Crippen molar-refractivity contribution in [2.24, 2.45) is 0 Å². The number of H-pyrrole nitrogens is 1. The van der Waals surface area contributed by atoms with E-state index in [0.717, 1.165) is 42.6 Å². The lowest BCUT2D eigenvalue weighted by Crippen LogP contribution is -2.47. The summed E-state index contributed by atoms with van der Waals surface area (Å²) in [7, 11) is 2.10. The van der Waals surface area contributed by atoms with Gasteiger partial charge in [0.25, 0.3) is 0 Å². The number of benzene rings is 1. The second kappa shape index (κ2) is 6.29. The van der Waals surface area contributed by atoms with Gasteiger partial charge in [0.2, 0.25) is 5.91 Å². The first-order valence-corrected chi connectivity index (χ1v) is 6.75. The van der Waals surface area contributed by atoms with Crippen LogP contribution < -0.4 is 0 Å². The van der Waals surface area contributed by atoms with Gasteiger partial charge >= 0.3 is 0 Å². The normalized spacial score (nSPS) is 16.1. The molecule has 4 nitrogen and oxygen atoms in total. The van der Waals surface area contributed by atoms with Gasteiger partial charge in [-0.1, -0.05) is 18.2 Å². The molecule has 0 atom stereocenters. The Hall–Kier alpha value is -1.52. The van der Waals surface area contributed by atoms with Crippen molar-refractivity contribution >= 4 is 29.2 Å².